The first-order valence-electron chi connectivity index (χ1n) is 15.4. The highest BCUT2D eigenvalue weighted by Crippen LogP contribution is 2.41. The summed E-state index contributed by atoms with van der Waals surface area (Å²) in [7, 11) is 1.74. The lowest BCUT2D eigenvalue weighted by Crippen LogP contribution is -2.25. The number of benzene rings is 3. The molecule has 1 saturated carbocycles. The van der Waals surface area contributed by atoms with E-state index >= 15 is 0 Å². The van der Waals surface area contributed by atoms with Crippen LogP contribution in [0.1, 0.15) is 61.6 Å². The van der Waals surface area contributed by atoms with Gasteiger partial charge in [0.25, 0.3) is 0 Å². The van der Waals surface area contributed by atoms with Gasteiger partial charge in [-0.25, -0.2) is 0 Å². The third kappa shape index (κ3) is 6.90. The van der Waals surface area contributed by atoms with Crippen LogP contribution in [0.15, 0.2) is 60.7 Å². The molecule has 0 atom stereocenters. The number of ether oxygens (including phenoxy) is 3. The minimum absolute atomic E-state index is 0.745. The van der Waals surface area contributed by atoms with Gasteiger partial charge >= 0.3 is 0 Å². The molecule has 4 nitrogen and oxygen atoms in total. The van der Waals surface area contributed by atoms with Crippen molar-refractivity contribution in [2.24, 2.45) is 5.92 Å². The van der Waals surface area contributed by atoms with Gasteiger partial charge in [0.05, 0.1) is 13.7 Å². The number of nitrogens with zero attached hydrogens (tertiary/aromatic N) is 1. The standard InChI is InChI=1S/C36H43NO3S/c1-26-9-15-31-32(24-28-10-16-33(34(25-28)38-2)40-21-17-27-7-3-4-8-27)36(41-35(31)23-26)29-11-13-30(14-12-29)39-22-20-37-18-5-6-19-37/h9-16,23,25,27H,3-8,17-22,24H2,1-2H3. The second kappa shape index (κ2) is 13.3. The number of hydrogen-bond donors (Lipinski definition) is 0. The summed E-state index contributed by atoms with van der Waals surface area (Å²) in [5.74, 6) is 3.44. The normalized spacial score (nSPS) is 16.0. The topological polar surface area (TPSA) is 30.9 Å². The summed E-state index contributed by atoms with van der Waals surface area (Å²) in [6.45, 7) is 7.10. The number of likely N-dealkylation sites (tertiary alicyclic amines) is 1. The second-order valence-electron chi connectivity index (χ2n) is 11.8. The third-order valence-electron chi connectivity index (χ3n) is 8.81. The van der Waals surface area contributed by atoms with E-state index in [4.69, 9.17) is 14.2 Å². The third-order valence-corrected chi connectivity index (χ3v) is 10.1. The fraction of sp³-hybridized carbons (Fsp3) is 0.444. The van der Waals surface area contributed by atoms with Gasteiger partial charge in [-0.3, -0.25) is 4.90 Å². The summed E-state index contributed by atoms with van der Waals surface area (Å²) in [6, 6.07) is 22.0. The van der Waals surface area contributed by atoms with Gasteiger partial charge in [-0.2, -0.15) is 0 Å². The highest BCUT2D eigenvalue weighted by atomic mass is 32.1. The molecule has 41 heavy (non-hydrogen) atoms. The molecular weight excluding hydrogens is 526 g/mol. The summed E-state index contributed by atoms with van der Waals surface area (Å²) in [4.78, 5) is 3.81. The van der Waals surface area contributed by atoms with Crippen molar-refractivity contribution in [3.63, 3.8) is 0 Å². The molecule has 1 aromatic heterocycles. The number of fused-ring (bicyclic) bond motifs is 1. The van der Waals surface area contributed by atoms with Crippen molar-refractivity contribution >= 4 is 21.4 Å². The lowest BCUT2D eigenvalue weighted by molar-refractivity contribution is 0.238. The quantitative estimate of drug-likeness (QED) is 0.170. The van der Waals surface area contributed by atoms with Gasteiger partial charge in [0.1, 0.15) is 12.4 Å². The van der Waals surface area contributed by atoms with E-state index in [0.717, 1.165) is 55.8 Å². The monoisotopic (exact) mass is 569 g/mol. The van der Waals surface area contributed by atoms with Crippen LogP contribution in [0.4, 0.5) is 0 Å². The molecule has 1 aliphatic heterocycles. The van der Waals surface area contributed by atoms with Gasteiger partial charge in [-0.15, -0.1) is 11.3 Å². The Kier molecular flexibility index (Phi) is 9.13. The molecule has 216 valence electrons. The zero-order valence-corrected chi connectivity index (χ0v) is 25.4. The first-order chi connectivity index (χ1) is 20.2. The Morgan fingerprint density at radius 3 is 2.41 bits per heavy atom. The van der Waals surface area contributed by atoms with Crippen molar-refractivity contribution in [1.82, 2.24) is 4.90 Å². The van der Waals surface area contributed by atoms with E-state index in [1.165, 1.54) is 88.8 Å². The lowest BCUT2D eigenvalue weighted by atomic mass is 9.98. The maximum Gasteiger partial charge on any atom is 0.161 e. The fourth-order valence-electron chi connectivity index (χ4n) is 6.45. The predicted octanol–water partition coefficient (Wildman–Crippen LogP) is 8.91. The molecule has 0 spiro atoms. The number of rotatable bonds is 12. The molecule has 2 aliphatic rings. The van der Waals surface area contributed by atoms with Crippen LogP contribution < -0.4 is 14.2 Å². The summed E-state index contributed by atoms with van der Waals surface area (Å²) in [6.07, 6.45) is 10.1. The smallest absolute Gasteiger partial charge is 0.161 e. The van der Waals surface area contributed by atoms with Gasteiger partial charge in [0.15, 0.2) is 11.5 Å². The van der Waals surface area contributed by atoms with Gasteiger partial charge < -0.3 is 14.2 Å². The molecule has 1 saturated heterocycles. The highest BCUT2D eigenvalue weighted by Gasteiger charge is 2.18. The summed E-state index contributed by atoms with van der Waals surface area (Å²) < 4.78 is 19.4. The largest absolute Gasteiger partial charge is 0.493 e. The van der Waals surface area contributed by atoms with Crippen LogP contribution in [0.2, 0.25) is 0 Å². The number of thiophene rings is 1. The molecule has 0 radical (unpaired) electrons. The fourth-order valence-corrected chi connectivity index (χ4v) is 7.77. The zero-order valence-electron chi connectivity index (χ0n) is 24.6. The molecule has 3 aromatic carbocycles. The predicted molar refractivity (Wildman–Crippen MR) is 171 cm³/mol. The van der Waals surface area contributed by atoms with Gasteiger partial charge in [0, 0.05) is 16.1 Å². The SMILES string of the molecule is COc1cc(Cc2c(-c3ccc(OCCN4CCCC4)cc3)sc3cc(C)ccc23)ccc1OCCC1CCCC1. The average Bonchev–Trinajstić information content (AvgIpc) is 3.77. The van der Waals surface area contributed by atoms with Gasteiger partial charge in [-0.1, -0.05) is 43.9 Å². The highest BCUT2D eigenvalue weighted by molar-refractivity contribution is 7.22. The molecule has 0 amide bonds. The average molecular weight is 570 g/mol. The van der Waals surface area contributed by atoms with Gasteiger partial charge in [0.2, 0.25) is 0 Å². The zero-order chi connectivity index (χ0) is 28.0. The Bertz CT molecular complexity index is 1430. The van der Waals surface area contributed by atoms with Crippen LogP contribution in [0.5, 0.6) is 17.2 Å². The molecule has 1 aliphatic carbocycles. The Balaban J connectivity index is 1.19. The van der Waals surface area contributed by atoms with Crippen LogP contribution in [0.25, 0.3) is 20.5 Å². The molecular formula is C36H43NO3S. The molecule has 0 bridgehead atoms. The molecule has 0 N–H and O–H groups in total. The Labute approximate surface area is 249 Å². The maximum atomic E-state index is 6.19. The molecule has 5 heteroatoms. The summed E-state index contributed by atoms with van der Waals surface area (Å²) >= 11 is 1.88. The first kappa shape index (κ1) is 28.1. The first-order valence-corrected chi connectivity index (χ1v) is 16.3. The molecule has 4 aromatic rings. The van der Waals surface area contributed by atoms with Crippen molar-refractivity contribution in [2.75, 3.05) is 40.0 Å². The Hall–Kier alpha value is -3.02. The Morgan fingerprint density at radius 1 is 0.829 bits per heavy atom. The second-order valence-corrected chi connectivity index (χ2v) is 12.8. The molecule has 0 unspecified atom stereocenters. The maximum absolute atomic E-state index is 6.19. The van der Waals surface area contributed by atoms with Crippen molar-refractivity contribution in [3.8, 4) is 27.7 Å². The van der Waals surface area contributed by atoms with Crippen LogP contribution in [-0.2, 0) is 6.42 Å². The van der Waals surface area contributed by atoms with Crippen molar-refractivity contribution in [2.45, 2.75) is 58.3 Å². The van der Waals surface area contributed by atoms with Crippen molar-refractivity contribution in [1.29, 1.82) is 0 Å². The van der Waals surface area contributed by atoms with Crippen LogP contribution >= 0.6 is 11.3 Å². The van der Waals surface area contributed by atoms with E-state index in [-0.39, 0.29) is 0 Å². The summed E-state index contributed by atoms with van der Waals surface area (Å²) in [5.41, 5.74) is 5.13. The Morgan fingerprint density at radius 2 is 1.63 bits per heavy atom. The van der Waals surface area contributed by atoms with Crippen molar-refractivity contribution < 1.29 is 14.2 Å². The van der Waals surface area contributed by atoms with E-state index in [2.05, 4.69) is 72.5 Å². The van der Waals surface area contributed by atoms with E-state index in [0.29, 0.717) is 0 Å². The van der Waals surface area contributed by atoms with E-state index in [9.17, 15) is 0 Å². The number of aryl methyl sites for hydroxylation is 1. The van der Waals surface area contributed by atoms with Crippen molar-refractivity contribution in [3.05, 3.63) is 77.4 Å². The summed E-state index contributed by atoms with van der Waals surface area (Å²) in [5, 5.41) is 1.33. The number of methoxy groups -OCH3 is 1. The van der Waals surface area contributed by atoms with E-state index in [1.54, 1.807) is 7.11 Å². The van der Waals surface area contributed by atoms with E-state index < -0.39 is 0 Å². The number of hydrogen-bond acceptors (Lipinski definition) is 5. The van der Waals surface area contributed by atoms with Gasteiger partial charge in [-0.05, 0) is 122 Å². The molecule has 2 fully saturated rings. The van der Waals surface area contributed by atoms with Crippen LogP contribution in [-0.4, -0.2) is 44.9 Å². The minimum atomic E-state index is 0.745. The van der Waals surface area contributed by atoms with Crippen LogP contribution in [0.3, 0.4) is 0 Å². The van der Waals surface area contributed by atoms with E-state index in [1.807, 2.05) is 11.3 Å². The molecule has 6 rings (SSSR count). The minimum Gasteiger partial charge on any atom is -0.493 e. The van der Waals surface area contributed by atoms with Crippen LogP contribution in [0, 0.1) is 12.8 Å². The molecule has 2 heterocycles. The lowest BCUT2D eigenvalue weighted by Gasteiger charge is -2.15.